The van der Waals surface area contributed by atoms with Gasteiger partial charge in [-0.1, -0.05) is 60.7 Å². The second-order valence-electron chi connectivity index (χ2n) is 9.73. The molecule has 10 nitrogen and oxygen atoms in total. The van der Waals surface area contributed by atoms with Crippen LogP contribution in [0.15, 0.2) is 60.7 Å². The van der Waals surface area contributed by atoms with Crippen molar-refractivity contribution >= 4 is 28.7 Å². The molecule has 0 amide bonds. The number of nitrogens with zero attached hydrogens (tertiary/aromatic N) is 7. The number of aliphatic hydroxyl groups excluding tert-OH is 1. The summed E-state index contributed by atoms with van der Waals surface area (Å²) in [4.78, 5) is 26.4. The van der Waals surface area contributed by atoms with Crippen LogP contribution in [-0.2, 0) is 16.0 Å². The molecule has 6 rings (SSSR count). The molecule has 4 aromatic rings. The van der Waals surface area contributed by atoms with E-state index in [0.29, 0.717) is 69.0 Å². The van der Waals surface area contributed by atoms with E-state index in [0.717, 1.165) is 35.7 Å². The first kappa shape index (κ1) is 25.4. The van der Waals surface area contributed by atoms with Crippen LogP contribution in [0.1, 0.15) is 12.5 Å². The van der Waals surface area contributed by atoms with Crippen molar-refractivity contribution < 1.29 is 14.6 Å². The fourth-order valence-corrected chi connectivity index (χ4v) is 4.97. The summed E-state index contributed by atoms with van der Waals surface area (Å²) in [6.07, 6.45) is -0.818. The van der Waals surface area contributed by atoms with Gasteiger partial charge in [0.05, 0.1) is 26.4 Å². The third-order valence-electron chi connectivity index (χ3n) is 7.05. The molecule has 2 fully saturated rings. The molecule has 0 bridgehead atoms. The average Bonchev–Trinajstić information content (AvgIpc) is 3.00. The van der Waals surface area contributed by atoms with Gasteiger partial charge in [0.25, 0.3) is 0 Å². The standard InChI is InChI=1S/C29H33N7O3/c1-21(37)36(20-22-8-4-2-5-9-22)28-25-26(32-29(33-28)35-14-18-39-19-15-35)31-27(34-12-16-38-17-13-34)24(30-25)23-10-6-3-7-11-23/h2-11,21,37H,12-20H2,1H3. The molecule has 2 aromatic carbocycles. The second kappa shape index (κ2) is 11.5. The third-order valence-corrected chi connectivity index (χ3v) is 7.05. The maximum absolute atomic E-state index is 11.0. The fraction of sp³-hybridized carbons (Fsp3) is 0.379. The van der Waals surface area contributed by atoms with E-state index in [1.807, 2.05) is 65.6 Å². The number of fused-ring (bicyclic) bond motifs is 1. The smallest absolute Gasteiger partial charge is 0.229 e. The number of aliphatic hydroxyl groups is 1. The van der Waals surface area contributed by atoms with E-state index in [2.05, 4.69) is 9.80 Å². The molecule has 2 aliphatic heterocycles. The van der Waals surface area contributed by atoms with Crippen LogP contribution >= 0.6 is 0 Å². The van der Waals surface area contributed by atoms with E-state index in [-0.39, 0.29) is 0 Å². The zero-order valence-corrected chi connectivity index (χ0v) is 22.1. The predicted molar refractivity (Wildman–Crippen MR) is 151 cm³/mol. The predicted octanol–water partition coefficient (Wildman–Crippen LogP) is 3.10. The van der Waals surface area contributed by atoms with Crippen LogP contribution in [0.5, 0.6) is 0 Å². The molecule has 0 radical (unpaired) electrons. The molecule has 2 saturated heterocycles. The van der Waals surface area contributed by atoms with Crippen LogP contribution in [0.25, 0.3) is 22.4 Å². The minimum atomic E-state index is -0.818. The number of hydrogen-bond acceptors (Lipinski definition) is 10. The molecule has 0 spiro atoms. The van der Waals surface area contributed by atoms with Gasteiger partial charge < -0.3 is 29.3 Å². The van der Waals surface area contributed by atoms with E-state index in [4.69, 9.17) is 29.4 Å². The zero-order chi connectivity index (χ0) is 26.6. The lowest BCUT2D eigenvalue weighted by atomic mass is 10.1. The zero-order valence-electron chi connectivity index (χ0n) is 22.1. The number of ether oxygens (including phenoxy) is 2. The van der Waals surface area contributed by atoms with Crippen molar-refractivity contribution in [3.05, 3.63) is 66.2 Å². The first-order valence-electron chi connectivity index (χ1n) is 13.5. The summed E-state index contributed by atoms with van der Waals surface area (Å²) in [5, 5.41) is 11.0. The molecule has 10 heteroatoms. The molecule has 0 saturated carbocycles. The molecule has 202 valence electrons. The monoisotopic (exact) mass is 527 g/mol. The number of hydrogen-bond donors (Lipinski definition) is 1. The Morgan fingerprint density at radius 1 is 0.795 bits per heavy atom. The van der Waals surface area contributed by atoms with Crippen LogP contribution in [0.3, 0.4) is 0 Å². The van der Waals surface area contributed by atoms with E-state index < -0.39 is 6.23 Å². The topological polar surface area (TPSA) is 100.0 Å². The van der Waals surface area contributed by atoms with Crippen molar-refractivity contribution in [1.82, 2.24) is 19.9 Å². The van der Waals surface area contributed by atoms with Gasteiger partial charge in [-0.05, 0) is 12.5 Å². The van der Waals surface area contributed by atoms with Crippen LogP contribution in [0.2, 0.25) is 0 Å². The quantitative estimate of drug-likeness (QED) is 0.361. The van der Waals surface area contributed by atoms with Gasteiger partial charge in [-0.15, -0.1) is 0 Å². The Labute approximate surface area is 227 Å². The SMILES string of the molecule is CC(O)N(Cc1ccccc1)c1nc(N2CCOCC2)nc2nc(N3CCOCC3)c(-c3ccccc3)nc12. The van der Waals surface area contributed by atoms with Crippen LogP contribution in [0, 0.1) is 0 Å². The normalized spacial score (nSPS) is 16.9. The van der Waals surface area contributed by atoms with Crippen LogP contribution in [0.4, 0.5) is 17.6 Å². The molecular formula is C29H33N7O3. The summed E-state index contributed by atoms with van der Waals surface area (Å²) in [6.45, 7) is 7.51. The van der Waals surface area contributed by atoms with E-state index in [9.17, 15) is 5.11 Å². The van der Waals surface area contributed by atoms with Gasteiger partial charge in [-0.2, -0.15) is 9.97 Å². The summed E-state index contributed by atoms with van der Waals surface area (Å²) in [5.41, 5.74) is 3.84. The summed E-state index contributed by atoms with van der Waals surface area (Å²) in [6, 6.07) is 20.1. The van der Waals surface area contributed by atoms with Crippen molar-refractivity contribution in [2.75, 3.05) is 67.3 Å². The van der Waals surface area contributed by atoms with Crippen molar-refractivity contribution in [3.8, 4) is 11.3 Å². The maximum Gasteiger partial charge on any atom is 0.229 e. The van der Waals surface area contributed by atoms with Crippen LogP contribution < -0.4 is 14.7 Å². The van der Waals surface area contributed by atoms with Gasteiger partial charge in [0.1, 0.15) is 11.9 Å². The van der Waals surface area contributed by atoms with Gasteiger partial charge in [-0.25, -0.2) is 9.97 Å². The summed E-state index contributed by atoms with van der Waals surface area (Å²) >= 11 is 0. The van der Waals surface area contributed by atoms with Gasteiger partial charge in [0.15, 0.2) is 22.8 Å². The Morgan fingerprint density at radius 3 is 2.05 bits per heavy atom. The molecule has 39 heavy (non-hydrogen) atoms. The van der Waals surface area contributed by atoms with Crippen molar-refractivity contribution in [2.45, 2.75) is 19.7 Å². The van der Waals surface area contributed by atoms with Crippen molar-refractivity contribution in [2.24, 2.45) is 0 Å². The van der Waals surface area contributed by atoms with Crippen molar-refractivity contribution in [3.63, 3.8) is 0 Å². The molecule has 2 aromatic heterocycles. The number of anilines is 3. The van der Waals surface area contributed by atoms with E-state index in [1.54, 1.807) is 6.92 Å². The second-order valence-corrected chi connectivity index (χ2v) is 9.73. The first-order chi connectivity index (χ1) is 19.2. The highest BCUT2D eigenvalue weighted by molar-refractivity contribution is 5.89. The minimum absolute atomic E-state index is 0.459. The Balaban J connectivity index is 1.56. The Morgan fingerprint density at radius 2 is 1.41 bits per heavy atom. The highest BCUT2D eigenvalue weighted by atomic mass is 16.5. The molecule has 1 N–H and O–H groups in total. The summed E-state index contributed by atoms with van der Waals surface area (Å²) < 4.78 is 11.2. The number of morpholine rings is 2. The Hall–Kier alpha value is -3.86. The molecular weight excluding hydrogens is 494 g/mol. The maximum atomic E-state index is 11.0. The van der Waals surface area contributed by atoms with Gasteiger partial charge in [0, 0.05) is 38.3 Å². The first-order valence-corrected chi connectivity index (χ1v) is 13.5. The largest absolute Gasteiger partial charge is 0.378 e. The number of benzene rings is 2. The van der Waals surface area contributed by atoms with Gasteiger partial charge >= 0.3 is 0 Å². The third kappa shape index (κ3) is 5.49. The molecule has 2 aliphatic rings. The lowest BCUT2D eigenvalue weighted by Gasteiger charge is -2.32. The summed E-state index contributed by atoms with van der Waals surface area (Å²) in [7, 11) is 0. The van der Waals surface area contributed by atoms with Crippen LogP contribution in [-0.4, -0.2) is 83.9 Å². The van der Waals surface area contributed by atoms with Gasteiger partial charge in [-0.3, -0.25) is 0 Å². The van der Waals surface area contributed by atoms with E-state index in [1.165, 1.54) is 0 Å². The molecule has 0 aliphatic carbocycles. The number of rotatable bonds is 7. The fourth-order valence-electron chi connectivity index (χ4n) is 4.97. The Bertz CT molecular complexity index is 1390. The summed E-state index contributed by atoms with van der Waals surface area (Å²) in [5.74, 6) is 1.90. The molecule has 1 atom stereocenters. The highest BCUT2D eigenvalue weighted by Gasteiger charge is 2.27. The average molecular weight is 528 g/mol. The van der Waals surface area contributed by atoms with Crippen molar-refractivity contribution in [1.29, 1.82) is 0 Å². The molecule has 4 heterocycles. The Kier molecular flexibility index (Phi) is 7.49. The highest BCUT2D eigenvalue weighted by Crippen LogP contribution is 2.34. The lowest BCUT2D eigenvalue weighted by molar-refractivity contribution is 0.122. The van der Waals surface area contributed by atoms with E-state index >= 15 is 0 Å². The number of aromatic nitrogens is 4. The molecule has 1 unspecified atom stereocenters. The lowest BCUT2D eigenvalue weighted by Crippen LogP contribution is -2.39. The van der Waals surface area contributed by atoms with Gasteiger partial charge in [0.2, 0.25) is 5.95 Å². The minimum Gasteiger partial charge on any atom is -0.378 e.